The van der Waals surface area contributed by atoms with E-state index < -0.39 is 0 Å². The van der Waals surface area contributed by atoms with E-state index in [4.69, 9.17) is 16.3 Å². The molecule has 0 bridgehead atoms. The van der Waals surface area contributed by atoms with E-state index in [1.807, 2.05) is 25.2 Å². The van der Waals surface area contributed by atoms with Gasteiger partial charge in [0.15, 0.2) is 0 Å². The number of methoxy groups -OCH3 is 1. The lowest BCUT2D eigenvalue weighted by atomic mass is 9.82. The first-order chi connectivity index (χ1) is 7.40. The number of benzene rings is 1. The highest BCUT2D eigenvalue weighted by molar-refractivity contribution is 6.32. The second kappa shape index (κ2) is 5.07. The van der Waals surface area contributed by atoms with Gasteiger partial charge in [0.05, 0.1) is 12.1 Å². The molecule has 1 atom stereocenters. The summed E-state index contributed by atoms with van der Waals surface area (Å²) in [5.41, 5.74) is 1.34. The van der Waals surface area contributed by atoms with Gasteiger partial charge in [-0.25, -0.2) is 0 Å². The van der Waals surface area contributed by atoms with E-state index in [1.54, 1.807) is 7.11 Å². The molecule has 0 amide bonds. The molecule has 0 aliphatic carbocycles. The molecule has 1 unspecified atom stereocenters. The number of hydrogen-bond acceptors (Lipinski definition) is 2. The minimum atomic E-state index is 0.146. The van der Waals surface area contributed by atoms with Crippen LogP contribution in [-0.2, 0) is 0 Å². The number of ether oxygens (including phenoxy) is 1. The zero-order valence-corrected chi connectivity index (χ0v) is 11.4. The number of nitrogens with one attached hydrogen (secondary N) is 1. The summed E-state index contributed by atoms with van der Waals surface area (Å²) < 4.78 is 5.23. The molecule has 0 aliphatic rings. The van der Waals surface area contributed by atoms with E-state index in [9.17, 15) is 0 Å². The second-order valence-electron chi connectivity index (χ2n) is 4.98. The van der Waals surface area contributed by atoms with Gasteiger partial charge in [0.25, 0.3) is 0 Å². The lowest BCUT2D eigenvalue weighted by molar-refractivity contribution is 0.286. The van der Waals surface area contributed by atoms with Crippen molar-refractivity contribution in [1.29, 1.82) is 0 Å². The molecule has 1 aromatic carbocycles. The molecule has 0 heterocycles. The van der Waals surface area contributed by atoms with Crippen molar-refractivity contribution < 1.29 is 4.74 Å². The zero-order chi connectivity index (χ0) is 12.3. The molecule has 0 saturated heterocycles. The van der Waals surface area contributed by atoms with Gasteiger partial charge < -0.3 is 10.1 Å². The Labute approximate surface area is 103 Å². The number of hydrogen-bond donors (Lipinski definition) is 1. The molecular formula is C13H20ClNO. The molecule has 0 fully saturated rings. The van der Waals surface area contributed by atoms with Gasteiger partial charge in [-0.15, -0.1) is 0 Å². The highest BCUT2D eigenvalue weighted by atomic mass is 35.5. The van der Waals surface area contributed by atoms with Gasteiger partial charge in [-0.2, -0.15) is 0 Å². The summed E-state index contributed by atoms with van der Waals surface area (Å²) in [5, 5.41) is 3.98. The van der Waals surface area contributed by atoms with Crippen LogP contribution in [0.4, 0.5) is 0 Å². The maximum Gasteiger partial charge on any atom is 0.137 e. The maximum atomic E-state index is 6.01. The van der Waals surface area contributed by atoms with E-state index in [1.165, 1.54) is 5.56 Å². The van der Waals surface area contributed by atoms with Gasteiger partial charge in [0, 0.05) is 6.04 Å². The van der Waals surface area contributed by atoms with Crippen molar-refractivity contribution in [2.45, 2.75) is 26.8 Å². The second-order valence-corrected chi connectivity index (χ2v) is 5.39. The Morgan fingerprint density at radius 3 is 2.38 bits per heavy atom. The molecule has 16 heavy (non-hydrogen) atoms. The van der Waals surface area contributed by atoms with Crippen LogP contribution in [0.2, 0.25) is 5.02 Å². The summed E-state index contributed by atoms with van der Waals surface area (Å²) >= 11 is 6.01. The van der Waals surface area contributed by atoms with Crippen LogP contribution >= 0.6 is 11.6 Å². The first kappa shape index (κ1) is 13.3. The maximum absolute atomic E-state index is 6.01. The summed E-state index contributed by atoms with van der Waals surface area (Å²) in [6.07, 6.45) is 0. The Morgan fingerprint density at radius 1 is 1.31 bits per heavy atom. The first-order valence-electron chi connectivity index (χ1n) is 5.41. The smallest absolute Gasteiger partial charge is 0.137 e. The van der Waals surface area contributed by atoms with Crippen molar-refractivity contribution in [3.8, 4) is 5.75 Å². The molecule has 0 saturated carbocycles. The number of rotatable bonds is 3. The predicted molar refractivity (Wildman–Crippen MR) is 69.3 cm³/mol. The fourth-order valence-corrected chi connectivity index (χ4v) is 2.15. The van der Waals surface area contributed by atoms with E-state index in [0.29, 0.717) is 5.02 Å². The Balaban J connectivity index is 3.12. The Morgan fingerprint density at radius 2 is 1.94 bits per heavy atom. The van der Waals surface area contributed by atoms with Crippen molar-refractivity contribution >= 4 is 11.6 Å². The third-order valence-electron chi connectivity index (χ3n) is 2.66. The highest BCUT2D eigenvalue weighted by Gasteiger charge is 2.25. The summed E-state index contributed by atoms with van der Waals surface area (Å²) in [4.78, 5) is 0. The average molecular weight is 242 g/mol. The third-order valence-corrected chi connectivity index (χ3v) is 2.98. The largest absolute Gasteiger partial charge is 0.495 e. The van der Waals surface area contributed by atoms with Crippen molar-refractivity contribution in [1.82, 2.24) is 5.32 Å². The van der Waals surface area contributed by atoms with Gasteiger partial charge in [0.2, 0.25) is 0 Å². The quantitative estimate of drug-likeness (QED) is 0.872. The van der Waals surface area contributed by atoms with Crippen molar-refractivity contribution in [2.24, 2.45) is 5.41 Å². The van der Waals surface area contributed by atoms with E-state index in [0.717, 1.165) is 5.75 Å². The van der Waals surface area contributed by atoms with Gasteiger partial charge >= 0.3 is 0 Å². The van der Waals surface area contributed by atoms with Crippen LogP contribution in [0.1, 0.15) is 32.4 Å². The zero-order valence-electron chi connectivity index (χ0n) is 10.6. The third kappa shape index (κ3) is 2.89. The minimum Gasteiger partial charge on any atom is -0.495 e. The fraction of sp³-hybridized carbons (Fsp3) is 0.538. The summed E-state index contributed by atoms with van der Waals surface area (Å²) in [7, 11) is 3.60. The molecule has 3 heteroatoms. The Kier molecular flexibility index (Phi) is 4.22. The van der Waals surface area contributed by atoms with Gasteiger partial charge in [-0.1, -0.05) is 38.4 Å². The predicted octanol–water partition coefficient (Wildman–Crippen LogP) is 3.66. The minimum absolute atomic E-state index is 0.146. The molecule has 0 radical (unpaired) electrons. The van der Waals surface area contributed by atoms with E-state index in [2.05, 4.69) is 26.1 Å². The molecular weight excluding hydrogens is 222 g/mol. The monoisotopic (exact) mass is 241 g/mol. The Hall–Kier alpha value is -0.730. The van der Waals surface area contributed by atoms with Crippen LogP contribution in [0.3, 0.4) is 0 Å². The van der Waals surface area contributed by atoms with E-state index in [-0.39, 0.29) is 11.5 Å². The normalized spacial score (nSPS) is 13.6. The van der Waals surface area contributed by atoms with Crippen LogP contribution in [0.5, 0.6) is 5.75 Å². The van der Waals surface area contributed by atoms with Gasteiger partial charge in [-0.3, -0.25) is 0 Å². The SMILES string of the molecule is CNC(c1ccc(Cl)c(OC)c1)C(C)(C)C. The molecule has 1 aromatic rings. The summed E-state index contributed by atoms with van der Waals surface area (Å²) in [6, 6.07) is 6.19. The molecule has 0 spiro atoms. The first-order valence-corrected chi connectivity index (χ1v) is 5.78. The average Bonchev–Trinajstić information content (AvgIpc) is 2.19. The highest BCUT2D eigenvalue weighted by Crippen LogP contribution is 2.35. The summed E-state index contributed by atoms with van der Waals surface area (Å²) in [5.74, 6) is 0.726. The molecule has 1 N–H and O–H groups in total. The van der Waals surface area contributed by atoms with Gasteiger partial charge in [0.1, 0.15) is 5.75 Å². The molecule has 1 rings (SSSR count). The topological polar surface area (TPSA) is 21.3 Å². The van der Waals surface area contributed by atoms with Crippen molar-refractivity contribution in [2.75, 3.05) is 14.2 Å². The van der Waals surface area contributed by atoms with Crippen LogP contribution in [0, 0.1) is 5.41 Å². The van der Waals surface area contributed by atoms with Gasteiger partial charge in [-0.05, 0) is 30.2 Å². The lowest BCUT2D eigenvalue weighted by Crippen LogP contribution is -2.29. The molecule has 0 aliphatic heterocycles. The van der Waals surface area contributed by atoms with Crippen molar-refractivity contribution in [3.05, 3.63) is 28.8 Å². The van der Waals surface area contributed by atoms with Crippen molar-refractivity contribution in [3.63, 3.8) is 0 Å². The molecule has 2 nitrogen and oxygen atoms in total. The molecule has 90 valence electrons. The Bertz CT molecular complexity index is 357. The lowest BCUT2D eigenvalue weighted by Gasteiger charge is -2.31. The standard InChI is InChI=1S/C13H20ClNO/c1-13(2,3)12(15-4)9-6-7-10(14)11(8-9)16-5/h6-8,12,15H,1-5H3. The van der Waals surface area contributed by atoms with Crippen LogP contribution in [0.25, 0.3) is 0 Å². The van der Waals surface area contributed by atoms with E-state index >= 15 is 0 Å². The fourth-order valence-electron chi connectivity index (χ4n) is 1.96. The van der Waals surface area contributed by atoms with Crippen LogP contribution in [0.15, 0.2) is 18.2 Å². The van der Waals surface area contributed by atoms with Crippen LogP contribution < -0.4 is 10.1 Å². The van der Waals surface area contributed by atoms with Crippen LogP contribution in [-0.4, -0.2) is 14.2 Å². The molecule has 0 aromatic heterocycles. The number of halogens is 1. The summed E-state index contributed by atoms with van der Waals surface area (Å²) in [6.45, 7) is 6.61.